The van der Waals surface area contributed by atoms with Crippen molar-refractivity contribution in [2.45, 2.75) is 51.6 Å². The summed E-state index contributed by atoms with van der Waals surface area (Å²) in [4.78, 5) is 11.8. The lowest BCUT2D eigenvalue weighted by molar-refractivity contribution is 0.201. The van der Waals surface area contributed by atoms with Gasteiger partial charge in [0.15, 0.2) is 0 Å². The Kier molecular flexibility index (Phi) is 5.06. The fourth-order valence-corrected chi connectivity index (χ4v) is 3.89. The minimum Gasteiger partial charge on any atom is -0.365 e. The quantitative estimate of drug-likeness (QED) is 0.725. The van der Waals surface area contributed by atoms with Crippen molar-refractivity contribution >= 4 is 11.5 Å². The number of anilines is 1. The predicted octanol–water partition coefficient (Wildman–Crippen LogP) is 4.46. The van der Waals surface area contributed by atoms with Crippen molar-refractivity contribution in [2.24, 2.45) is 0 Å². The molecule has 4 heterocycles. The molecule has 0 bridgehead atoms. The molecule has 6 heteroatoms. The number of likely N-dealkylation sites (tertiary alicyclic amines) is 1. The fourth-order valence-electron chi connectivity index (χ4n) is 3.89. The second-order valence-electron chi connectivity index (χ2n) is 8.67. The molecule has 0 spiro atoms. The Morgan fingerprint density at radius 2 is 1.93 bits per heavy atom. The molecular formula is C22H28FN5. The molecule has 0 saturated carbocycles. The summed E-state index contributed by atoms with van der Waals surface area (Å²) in [6.07, 6.45) is 5.45. The van der Waals surface area contributed by atoms with E-state index in [0.717, 1.165) is 55.3 Å². The van der Waals surface area contributed by atoms with Crippen LogP contribution >= 0.6 is 0 Å². The van der Waals surface area contributed by atoms with E-state index in [2.05, 4.69) is 42.0 Å². The minimum atomic E-state index is -0.251. The van der Waals surface area contributed by atoms with Crippen LogP contribution in [0.25, 0.3) is 5.65 Å². The summed E-state index contributed by atoms with van der Waals surface area (Å²) in [5, 5.41) is 3.56. The first-order chi connectivity index (χ1) is 13.4. The van der Waals surface area contributed by atoms with Gasteiger partial charge in [0.25, 0.3) is 0 Å². The van der Waals surface area contributed by atoms with Gasteiger partial charge in [-0.15, -0.1) is 0 Å². The van der Waals surface area contributed by atoms with Crippen molar-refractivity contribution in [3.63, 3.8) is 0 Å². The molecule has 28 heavy (non-hydrogen) atoms. The topological polar surface area (TPSA) is 45.5 Å². The van der Waals surface area contributed by atoms with E-state index in [9.17, 15) is 4.39 Å². The van der Waals surface area contributed by atoms with E-state index in [-0.39, 0.29) is 11.4 Å². The molecule has 1 aliphatic rings. The third kappa shape index (κ3) is 4.17. The van der Waals surface area contributed by atoms with Crippen LogP contribution in [0.2, 0.25) is 0 Å². The molecule has 1 aliphatic heterocycles. The second kappa shape index (κ2) is 7.51. The largest absolute Gasteiger partial charge is 0.365 e. The molecule has 0 radical (unpaired) electrons. The van der Waals surface area contributed by atoms with Crippen LogP contribution < -0.4 is 5.32 Å². The maximum absolute atomic E-state index is 13.9. The van der Waals surface area contributed by atoms with E-state index < -0.39 is 0 Å². The number of halogens is 1. The van der Waals surface area contributed by atoms with Gasteiger partial charge in [0.2, 0.25) is 0 Å². The number of fused-ring (bicyclic) bond motifs is 1. The Hall–Kier alpha value is -2.47. The predicted molar refractivity (Wildman–Crippen MR) is 110 cm³/mol. The van der Waals surface area contributed by atoms with Crippen LogP contribution in [0.15, 0.2) is 42.7 Å². The zero-order chi connectivity index (χ0) is 19.7. The molecule has 5 nitrogen and oxygen atoms in total. The van der Waals surface area contributed by atoms with Crippen LogP contribution in [-0.2, 0) is 6.54 Å². The van der Waals surface area contributed by atoms with Gasteiger partial charge in [-0.05, 0) is 71.0 Å². The zero-order valence-electron chi connectivity index (χ0n) is 16.8. The van der Waals surface area contributed by atoms with Crippen molar-refractivity contribution in [1.82, 2.24) is 19.3 Å². The number of rotatable bonds is 4. The fraction of sp³-hybridized carbons (Fsp3) is 0.455. The van der Waals surface area contributed by atoms with Gasteiger partial charge in [-0.2, -0.15) is 0 Å². The number of piperidine rings is 1. The second-order valence-corrected chi connectivity index (χ2v) is 8.67. The Labute approximate surface area is 165 Å². The monoisotopic (exact) mass is 381 g/mol. The van der Waals surface area contributed by atoms with Crippen molar-refractivity contribution in [3.8, 4) is 0 Å². The Bertz CT molecular complexity index is 937. The normalized spacial score (nSPS) is 16.6. The van der Waals surface area contributed by atoms with Gasteiger partial charge >= 0.3 is 0 Å². The third-order valence-electron chi connectivity index (χ3n) is 5.19. The molecule has 0 atom stereocenters. The summed E-state index contributed by atoms with van der Waals surface area (Å²) in [6.45, 7) is 9.26. The van der Waals surface area contributed by atoms with E-state index >= 15 is 0 Å². The van der Waals surface area contributed by atoms with E-state index in [0.29, 0.717) is 5.92 Å². The summed E-state index contributed by atoms with van der Waals surface area (Å²) >= 11 is 0. The van der Waals surface area contributed by atoms with Crippen LogP contribution in [0, 0.1) is 5.82 Å². The lowest BCUT2D eigenvalue weighted by atomic mass is 9.93. The van der Waals surface area contributed by atoms with Gasteiger partial charge in [-0.1, -0.05) is 6.07 Å². The number of nitrogens with zero attached hydrogens (tertiary/aromatic N) is 4. The average Bonchev–Trinajstić information content (AvgIpc) is 2.99. The molecule has 3 aromatic heterocycles. The maximum Gasteiger partial charge on any atom is 0.140 e. The Morgan fingerprint density at radius 3 is 2.61 bits per heavy atom. The van der Waals surface area contributed by atoms with Crippen LogP contribution in [-0.4, -0.2) is 37.9 Å². The van der Waals surface area contributed by atoms with Crippen molar-refractivity contribution in [3.05, 3.63) is 59.9 Å². The smallest absolute Gasteiger partial charge is 0.140 e. The number of hydrogen-bond donors (Lipinski definition) is 1. The summed E-state index contributed by atoms with van der Waals surface area (Å²) in [5.74, 6) is 1.04. The van der Waals surface area contributed by atoms with Crippen molar-refractivity contribution in [2.75, 3.05) is 18.4 Å². The van der Waals surface area contributed by atoms with Gasteiger partial charge in [0.05, 0.1) is 11.4 Å². The number of hydrogen-bond acceptors (Lipinski definition) is 4. The lowest BCUT2D eigenvalue weighted by Gasteiger charge is -2.32. The molecule has 0 amide bonds. The number of aromatic nitrogens is 3. The summed E-state index contributed by atoms with van der Waals surface area (Å²) in [7, 11) is 0. The highest BCUT2D eigenvalue weighted by molar-refractivity contribution is 5.57. The van der Waals surface area contributed by atoms with Gasteiger partial charge < -0.3 is 5.32 Å². The van der Waals surface area contributed by atoms with Crippen LogP contribution in [0.4, 0.5) is 10.2 Å². The summed E-state index contributed by atoms with van der Waals surface area (Å²) in [5.41, 5.74) is 2.83. The van der Waals surface area contributed by atoms with Crippen LogP contribution in [0.5, 0.6) is 0 Å². The van der Waals surface area contributed by atoms with Gasteiger partial charge in [-0.3, -0.25) is 14.3 Å². The first-order valence-electron chi connectivity index (χ1n) is 9.97. The summed E-state index contributed by atoms with van der Waals surface area (Å²) in [6, 6.07) is 9.29. The van der Waals surface area contributed by atoms with Crippen molar-refractivity contribution < 1.29 is 4.39 Å². The Morgan fingerprint density at radius 1 is 1.14 bits per heavy atom. The molecule has 1 fully saturated rings. The van der Waals surface area contributed by atoms with E-state index in [1.807, 2.05) is 22.7 Å². The average molecular weight is 381 g/mol. The number of imidazole rings is 1. The number of pyridine rings is 2. The van der Waals surface area contributed by atoms with Crippen LogP contribution in [0.1, 0.15) is 50.9 Å². The highest BCUT2D eigenvalue weighted by atomic mass is 19.1. The van der Waals surface area contributed by atoms with Gasteiger partial charge in [-0.25, -0.2) is 9.37 Å². The molecule has 4 rings (SSSR count). The molecule has 3 aromatic rings. The van der Waals surface area contributed by atoms with Crippen LogP contribution in [0.3, 0.4) is 0 Å². The highest BCUT2D eigenvalue weighted by Crippen LogP contribution is 2.34. The minimum absolute atomic E-state index is 0.128. The van der Waals surface area contributed by atoms with Crippen molar-refractivity contribution in [1.29, 1.82) is 0 Å². The molecule has 0 unspecified atom stereocenters. The maximum atomic E-state index is 13.9. The standard InChI is InChI=1S/C22H28FN5/c1-22(2,3)26-21-20(25-19-8-7-17(23)14-28(19)21)16-9-12-27(13-10-16)15-18-6-4-5-11-24-18/h4-8,11,14,16,26H,9-10,12-13,15H2,1-3H3. The molecule has 1 N–H and O–H groups in total. The lowest BCUT2D eigenvalue weighted by Crippen LogP contribution is -2.33. The SMILES string of the molecule is CC(C)(C)Nc1c(C2CCN(Cc3ccccn3)CC2)nc2ccc(F)cn12. The molecule has 1 saturated heterocycles. The summed E-state index contributed by atoms with van der Waals surface area (Å²) < 4.78 is 15.7. The van der Waals surface area contributed by atoms with E-state index in [4.69, 9.17) is 4.98 Å². The molecule has 0 aliphatic carbocycles. The molecule has 148 valence electrons. The van der Waals surface area contributed by atoms with Gasteiger partial charge in [0, 0.05) is 30.4 Å². The van der Waals surface area contributed by atoms with E-state index in [1.54, 1.807) is 6.07 Å². The Balaban J connectivity index is 1.55. The molecular weight excluding hydrogens is 353 g/mol. The van der Waals surface area contributed by atoms with E-state index in [1.165, 1.54) is 12.3 Å². The number of nitrogens with one attached hydrogen (secondary N) is 1. The first kappa shape index (κ1) is 18.9. The first-order valence-corrected chi connectivity index (χ1v) is 9.97. The third-order valence-corrected chi connectivity index (χ3v) is 5.19. The molecule has 0 aromatic carbocycles. The highest BCUT2D eigenvalue weighted by Gasteiger charge is 2.28. The zero-order valence-corrected chi connectivity index (χ0v) is 16.8. The van der Waals surface area contributed by atoms with Gasteiger partial charge in [0.1, 0.15) is 17.3 Å².